The molecule has 0 aromatic heterocycles. The van der Waals surface area contributed by atoms with Gasteiger partial charge < -0.3 is 9.59 Å². The summed E-state index contributed by atoms with van der Waals surface area (Å²) in [7, 11) is -2.21. The van der Waals surface area contributed by atoms with E-state index in [0.717, 1.165) is 5.56 Å². The molecule has 0 aliphatic carbocycles. The molecule has 2 N–H and O–H groups in total. The van der Waals surface area contributed by atoms with Crippen LogP contribution in [-0.2, 0) is 0 Å². The molecule has 0 spiro atoms. The Balaban J connectivity index is 2.65. The van der Waals surface area contributed by atoms with Crippen LogP contribution in [0, 0.1) is 0 Å². The second kappa shape index (κ2) is 4.08. The Morgan fingerprint density at radius 1 is 1.09 bits per heavy atom. The Bertz CT molecular complexity index is 231. The zero-order chi connectivity index (χ0) is 8.10. The molecule has 1 rings (SSSR count). The summed E-state index contributed by atoms with van der Waals surface area (Å²) in [5.74, 6) is 0. The lowest BCUT2D eigenvalue weighted by molar-refractivity contribution is 0.424. The molecule has 0 amide bonds. The van der Waals surface area contributed by atoms with Gasteiger partial charge in [-0.05, 0) is 11.3 Å². The highest BCUT2D eigenvalue weighted by atomic mass is 28.3. The molecule has 0 atom stereocenters. The summed E-state index contributed by atoms with van der Waals surface area (Å²) in [6.07, 6.45) is 1.70. The molecule has 57 valence electrons. The molecule has 0 aliphatic heterocycles. The molecule has 0 bridgehead atoms. The average Bonchev–Trinajstić information content (AvgIpc) is 2.03. The highest BCUT2D eigenvalue weighted by Gasteiger charge is 1.94. The van der Waals surface area contributed by atoms with E-state index in [4.69, 9.17) is 9.59 Å². The third-order valence-electron chi connectivity index (χ3n) is 1.22. The van der Waals surface area contributed by atoms with Crippen molar-refractivity contribution in [3.05, 3.63) is 41.6 Å². The van der Waals surface area contributed by atoms with E-state index in [9.17, 15) is 0 Å². The molecule has 0 heterocycles. The summed E-state index contributed by atoms with van der Waals surface area (Å²) < 4.78 is 0. The van der Waals surface area contributed by atoms with E-state index in [1.165, 1.54) is 5.70 Å². The van der Waals surface area contributed by atoms with E-state index >= 15 is 0 Å². The molecule has 0 aliphatic rings. The Kier molecular flexibility index (Phi) is 3.04. The maximum atomic E-state index is 8.58. The minimum Gasteiger partial charge on any atom is -0.407 e. The topological polar surface area (TPSA) is 40.5 Å². The molecule has 1 aromatic rings. The third kappa shape index (κ3) is 3.13. The quantitative estimate of drug-likeness (QED) is 0.634. The Hall–Kier alpha value is -0.903. The predicted molar refractivity (Wildman–Crippen MR) is 45.7 cm³/mol. The van der Waals surface area contributed by atoms with Gasteiger partial charge in [0.05, 0.1) is 0 Å². The van der Waals surface area contributed by atoms with Crippen LogP contribution in [0.3, 0.4) is 0 Å². The smallest absolute Gasteiger partial charge is 0.407 e. The van der Waals surface area contributed by atoms with Crippen LogP contribution in [0.1, 0.15) is 5.56 Å². The van der Waals surface area contributed by atoms with Gasteiger partial charge in [-0.2, -0.15) is 0 Å². The molecule has 11 heavy (non-hydrogen) atoms. The largest absolute Gasteiger partial charge is 0.410 e. The van der Waals surface area contributed by atoms with Crippen LogP contribution in [0.25, 0.3) is 6.08 Å². The van der Waals surface area contributed by atoms with Gasteiger partial charge >= 0.3 is 9.28 Å². The van der Waals surface area contributed by atoms with Gasteiger partial charge in [0.1, 0.15) is 0 Å². The second-order valence-corrected chi connectivity index (χ2v) is 3.15. The fraction of sp³-hybridized carbons (Fsp3) is 0. The number of rotatable bonds is 2. The first-order chi connectivity index (χ1) is 5.29. The Labute approximate surface area is 67.3 Å². The van der Waals surface area contributed by atoms with Crippen molar-refractivity contribution >= 4 is 15.4 Å². The molecule has 3 heteroatoms. The number of benzene rings is 1. The standard InChI is InChI=1S/C8H9O2Si/c9-11(10)7-6-8-4-2-1-3-5-8/h1-7,9-10H. The Morgan fingerprint density at radius 2 is 1.73 bits per heavy atom. The van der Waals surface area contributed by atoms with Gasteiger partial charge in [0.2, 0.25) is 0 Å². The van der Waals surface area contributed by atoms with E-state index < -0.39 is 9.28 Å². The van der Waals surface area contributed by atoms with Crippen molar-refractivity contribution in [2.45, 2.75) is 0 Å². The summed E-state index contributed by atoms with van der Waals surface area (Å²) in [5, 5.41) is 0. The highest BCUT2D eigenvalue weighted by Crippen LogP contribution is 2.00. The number of hydrogen-bond acceptors (Lipinski definition) is 2. The van der Waals surface area contributed by atoms with Crippen molar-refractivity contribution in [2.75, 3.05) is 0 Å². The van der Waals surface area contributed by atoms with Crippen LogP contribution in [0.4, 0.5) is 0 Å². The minimum atomic E-state index is -2.21. The van der Waals surface area contributed by atoms with Crippen LogP contribution >= 0.6 is 0 Å². The second-order valence-electron chi connectivity index (χ2n) is 2.10. The van der Waals surface area contributed by atoms with Crippen molar-refractivity contribution in [2.24, 2.45) is 0 Å². The minimum absolute atomic E-state index is 0.984. The van der Waals surface area contributed by atoms with Crippen LogP contribution in [0.15, 0.2) is 36.0 Å². The van der Waals surface area contributed by atoms with E-state index in [1.54, 1.807) is 6.08 Å². The molecule has 1 aromatic carbocycles. The van der Waals surface area contributed by atoms with Gasteiger partial charge in [-0.3, -0.25) is 0 Å². The van der Waals surface area contributed by atoms with Gasteiger partial charge in [-0.1, -0.05) is 36.4 Å². The zero-order valence-electron chi connectivity index (χ0n) is 5.94. The molecule has 0 saturated carbocycles. The summed E-state index contributed by atoms with van der Waals surface area (Å²) >= 11 is 0. The average molecular weight is 165 g/mol. The maximum absolute atomic E-state index is 8.58. The first kappa shape index (κ1) is 8.20. The Morgan fingerprint density at radius 3 is 2.27 bits per heavy atom. The van der Waals surface area contributed by atoms with Crippen molar-refractivity contribution < 1.29 is 9.59 Å². The van der Waals surface area contributed by atoms with E-state index in [-0.39, 0.29) is 0 Å². The van der Waals surface area contributed by atoms with Crippen molar-refractivity contribution in [1.29, 1.82) is 0 Å². The van der Waals surface area contributed by atoms with Crippen LogP contribution in [-0.4, -0.2) is 18.9 Å². The van der Waals surface area contributed by atoms with Gasteiger partial charge in [0.25, 0.3) is 0 Å². The predicted octanol–water partition coefficient (Wildman–Crippen LogP) is 0.712. The molecule has 1 radical (unpaired) electrons. The normalized spacial score (nSPS) is 11.2. The van der Waals surface area contributed by atoms with Gasteiger partial charge in [0, 0.05) is 0 Å². The highest BCUT2D eigenvalue weighted by molar-refractivity contribution is 6.48. The zero-order valence-corrected chi connectivity index (χ0v) is 6.94. The van der Waals surface area contributed by atoms with E-state index in [2.05, 4.69) is 0 Å². The molecular formula is C8H9O2Si. The van der Waals surface area contributed by atoms with Crippen LogP contribution in [0.5, 0.6) is 0 Å². The lowest BCUT2D eigenvalue weighted by Crippen LogP contribution is -2.05. The van der Waals surface area contributed by atoms with Crippen molar-refractivity contribution in [1.82, 2.24) is 0 Å². The summed E-state index contributed by atoms with van der Waals surface area (Å²) in [4.78, 5) is 17.2. The van der Waals surface area contributed by atoms with E-state index in [1.807, 2.05) is 30.3 Å². The van der Waals surface area contributed by atoms with Gasteiger partial charge in [-0.25, -0.2) is 0 Å². The van der Waals surface area contributed by atoms with Gasteiger partial charge in [0.15, 0.2) is 0 Å². The van der Waals surface area contributed by atoms with Gasteiger partial charge in [-0.15, -0.1) is 0 Å². The summed E-state index contributed by atoms with van der Waals surface area (Å²) in [5.41, 5.74) is 2.40. The third-order valence-corrected chi connectivity index (χ3v) is 1.69. The molecule has 0 saturated heterocycles. The fourth-order valence-corrected chi connectivity index (χ4v) is 1.08. The van der Waals surface area contributed by atoms with Crippen LogP contribution in [0.2, 0.25) is 0 Å². The first-order valence-electron chi connectivity index (χ1n) is 3.27. The SMILES string of the molecule is O[Si](O)C=Cc1ccccc1. The maximum Gasteiger partial charge on any atom is 0.410 e. The lowest BCUT2D eigenvalue weighted by atomic mass is 10.2. The lowest BCUT2D eigenvalue weighted by Gasteiger charge is -1.90. The molecular weight excluding hydrogens is 156 g/mol. The molecule has 0 unspecified atom stereocenters. The number of hydrogen-bond donors (Lipinski definition) is 2. The van der Waals surface area contributed by atoms with Crippen molar-refractivity contribution in [3.63, 3.8) is 0 Å². The monoisotopic (exact) mass is 165 g/mol. The fourth-order valence-electron chi connectivity index (χ4n) is 0.735. The first-order valence-corrected chi connectivity index (χ1v) is 4.74. The van der Waals surface area contributed by atoms with Crippen LogP contribution < -0.4 is 0 Å². The van der Waals surface area contributed by atoms with Crippen molar-refractivity contribution in [3.8, 4) is 0 Å². The molecule has 2 nitrogen and oxygen atoms in total. The summed E-state index contributed by atoms with van der Waals surface area (Å²) in [6.45, 7) is 0. The van der Waals surface area contributed by atoms with E-state index in [0.29, 0.717) is 0 Å². The molecule has 0 fully saturated rings. The summed E-state index contributed by atoms with van der Waals surface area (Å²) in [6, 6.07) is 9.53.